The summed E-state index contributed by atoms with van der Waals surface area (Å²) in [6.07, 6.45) is 11.9. The number of hydrogen-bond donors (Lipinski definition) is 0. The summed E-state index contributed by atoms with van der Waals surface area (Å²) >= 11 is 6.36. The molecule has 0 saturated heterocycles. The molecular weight excluding hydrogens is 252 g/mol. The van der Waals surface area contributed by atoms with E-state index in [1.807, 2.05) is 0 Å². The molecule has 0 unspecified atom stereocenters. The Morgan fingerprint density at radius 2 is 1.74 bits per heavy atom. The van der Waals surface area contributed by atoms with E-state index in [0.29, 0.717) is 16.2 Å². The molecule has 0 bridgehead atoms. The largest absolute Gasteiger partial charge is 0.0895 e. The van der Waals surface area contributed by atoms with Crippen LogP contribution in [0.3, 0.4) is 0 Å². The van der Waals surface area contributed by atoms with Gasteiger partial charge in [0.15, 0.2) is 0 Å². The van der Waals surface area contributed by atoms with E-state index < -0.39 is 0 Å². The molecule has 108 valence electrons. The quantitative estimate of drug-likeness (QED) is 0.499. The summed E-state index contributed by atoms with van der Waals surface area (Å²) in [5.41, 5.74) is 1.45. The number of allylic oxidation sites excluding steroid dienone is 2. The molecule has 1 heteroatoms. The fourth-order valence-corrected chi connectivity index (χ4v) is 6.59. The zero-order valence-electron chi connectivity index (χ0n) is 13.1. The van der Waals surface area contributed by atoms with Crippen molar-refractivity contribution in [2.75, 3.05) is 0 Å². The summed E-state index contributed by atoms with van der Waals surface area (Å²) < 4.78 is 0. The zero-order chi connectivity index (χ0) is 13.9. The van der Waals surface area contributed by atoms with Crippen LogP contribution in [0.25, 0.3) is 0 Å². The van der Waals surface area contributed by atoms with Gasteiger partial charge in [-0.15, -0.1) is 0 Å². The molecule has 0 nitrogen and oxygen atoms in total. The first-order valence-corrected chi connectivity index (χ1v) is 8.53. The topological polar surface area (TPSA) is 0 Å². The summed E-state index contributed by atoms with van der Waals surface area (Å²) in [5.74, 6) is 1.76. The fraction of sp³-hybridized carbons (Fsp3) is 0.889. The first-order chi connectivity index (χ1) is 8.78. The van der Waals surface area contributed by atoms with E-state index in [1.54, 1.807) is 0 Å². The molecule has 0 spiro atoms. The third-order valence-corrected chi connectivity index (χ3v) is 7.30. The van der Waals surface area contributed by atoms with Crippen LogP contribution >= 0.6 is 11.6 Å². The highest BCUT2D eigenvalue weighted by Crippen LogP contribution is 2.66. The molecule has 0 heterocycles. The van der Waals surface area contributed by atoms with Crippen LogP contribution in [0.1, 0.15) is 72.6 Å². The maximum absolute atomic E-state index is 6.36. The van der Waals surface area contributed by atoms with Crippen molar-refractivity contribution < 1.29 is 0 Å². The smallest absolute Gasteiger partial charge is 0.0146 e. The van der Waals surface area contributed by atoms with E-state index >= 15 is 0 Å². The van der Waals surface area contributed by atoms with Crippen LogP contribution < -0.4 is 0 Å². The Kier molecular flexibility index (Phi) is 3.14. The second-order valence-corrected chi connectivity index (χ2v) is 9.11. The van der Waals surface area contributed by atoms with Crippen LogP contribution in [0.2, 0.25) is 0 Å². The van der Waals surface area contributed by atoms with E-state index in [9.17, 15) is 0 Å². The maximum atomic E-state index is 6.36. The number of halogens is 1. The minimum absolute atomic E-state index is 0.369. The Hall–Kier alpha value is 0.0300. The van der Waals surface area contributed by atoms with Crippen LogP contribution in [0.4, 0.5) is 0 Å². The van der Waals surface area contributed by atoms with E-state index in [4.69, 9.17) is 11.6 Å². The van der Waals surface area contributed by atoms with E-state index in [0.717, 1.165) is 23.3 Å². The molecule has 0 aromatic carbocycles. The monoisotopic (exact) mass is 280 g/mol. The highest BCUT2D eigenvalue weighted by Gasteiger charge is 2.57. The maximum Gasteiger partial charge on any atom is 0.0146 e. The third kappa shape index (κ3) is 2.01. The Balaban J connectivity index is 2.00. The molecule has 0 N–H and O–H groups in total. The van der Waals surface area contributed by atoms with Crippen LogP contribution in [0.5, 0.6) is 0 Å². The predicted octanol–water partition coefficient (Wildman–Crippen LogP) is 6.15. The predicted molar refractivity (Wildman–Crippen MR) is 83.2 cm³/mol. The molecule has 0 radical (unpaired) electrons. The lowest BCUT2D eigenvalue weighted by Crippen LogP contribution is -2.55. The Morgan fingerprint density at radius 1 is 1.00 bits per heavy atom. The average Bonchev–Trinajstić information content (AvgIpc) is 2.25. The van der Waals surface area contributed by atoms with E-state index in [1.165, 1.54) is 38.5 Å². The molecule has 0 aliphatic heterocycles. The van der Waals surface area contributed by atoms with Gasteiger partial charge in [-0.2, -0.15) is 0 Å². The van der Waals surface area contributed by atoms with Gasteiger partial charge in [0.1, 0.15) is 0 Å². The second-order valence-electron chi connectivity index (χ2n) is 8.63. The minimum atomic E-state index is 0.369. The van der Waals surface area contributed by atoms with Crippen LogP contribution in [-0.2, 0) is 0 Å². The molecule has 0 aromatic heterocycles. The molecular formula is C18H29Cl. The van der Waals surface area contributed by atoms with E-state index in [-0.39, 0.29) is 0 Å². The van der Waals surface area contributed by atoms with Crippen molar-refractivity contribution in [1.82, 2.24) is 0 Å². The van der Waals surface area contributed by atoms with Gasteiger partial charge >= 0.3 is 0 Å². The van der Waals surface area contributed by atoms with Crippen molar-refractivity contribution in [3.8, 4) is 0 Å². The summed E-state index contributed by atoms with van der Waals surface area (Å²) in [5, 5.41) is 1.12. The van der Waals surface area contributed by atoms with E-state index in [2.05, 4.69) is 33.8 Å². The summed E-state index contributed by atoms with van der Waals surface area (Å²) in [6.45, 7) is 10.1. The van der Waals surface area contributed by atoms with Crippen molar-refractivity contribution >= 4 is 11.6 Å². The van der Waals surface area contributed by atoms with Crippen molar-refractivity contribution in [2.45, 2.75) is 72.6 Å². The molecule has 3 aliphatic carbocycles. The Bertz CT molecular complexity index is 408. The van der Waals surface area contributed by atoms with Crippen LogP contribution in [0, 0.1) is 28.1 Å². The SMILES string of the molecule is CC1(C)CCC[C@]2(C)[C@H]3CCC(Cl)=C[C@]3(C)CC[C@@H]12. The highest BCUT2D eigenvalue weighted by molar-refractivity contribution is 6.29. The van der Waals surface area contributed by atoms with Gasteiger partial charge in [-0.25, -0.2) is 0 Å². The van der Waals surface area contributed by atoms with Gasteiger partial charge < -0.3 is 0 Å². The van der Waals surface area contributed by atoms with Gasteiger partial charge in [0.25, 0.3) is 0 Å². The summed E-state index contributed by atoms with van der Waals surface area (Å²) in [6, 6.07) is 0. The molecule has 19 heavy (non-hydrogen) atoms. The van der Waals surface area contributed by atoms with Gasteiger partial charge in [-0.3, -0.25) is 0 Å². The van der Waals surface area contributed by atoms with Crippen LogP contribution in [0.15, 0.2) is 11.1 Å². The number of fused-ring (bicyclic) bond motifs is 3. The lowest BCUT2D eigenvalue weighted by atomic mass is 9.42. The van der Waals surface area contributed by atoms with Gasteiger partial charge in [-0.05, 0) is 66.6 Å². The summed E-state index contributed by atoms with van der Waals surface area (Å²) in [7, 11) is 0. The zero-order valence-corrected chi connectivity index (χ0v) is 13.8. The van der Waals surface area contributed by atoms with Crippen molar-refractivity contribution in [3.63, 3.8) is 0 Å². The first-order valence-electron chi connectivity index (χ1n) is 8.15. The number of rotatable bonds is 0. The number of hydrogen-bond acceptors (Lipinski definition) is 0. The minimum Gasteiger partial charge on any atom is -0.0895 e. The van der Waals surface area contributed by atoms with Crippen molar-refractivity contribution in [2.24, 2.45) is 28.1 Å². The van der Waals surface area contributed by atoms with Gasteiger partial charge in [0.2, 0.25) is 0 Å². The van der Waals surface area contributed by atoms with Gasteiger partial charge in [-0.1, -0.05) is 51.8 Å². The molecule has 2 saturated carbocycles. The molecule has 0 aromatic rings. The van der Waals surface area contributed by atoms with Gasteiger partial charge in [0.05, 0.1) is 0 Å². The molecule has 3 rings (SSSR count). The Morgan fingerprint density at radius 3 is 2.47 bits per heavy atom. The second kappa shape index (κ2) is 4.26. The fourth-order valence-electron chi connectivity index (χ4n) is 6.23. The lowest BCUT2D eigenvalue weighted by Gasteiger charge is -2.63. The first kappa shape index (κ1) is 14.0. The molecule has 3 aliphatic rings. The highest BCUT2D eigenvalue weighted by atomic mass is 35.5. The van der Waals surface area contributed by atoms with Crippen LogP contribution in [-0.4, -0.2) is 0 Å². The lowest BCUT2D eigenvalue weighted by molar-refractivity contribution is -0.119. The Labute approximate surface area is 124 Å². The normalized spacial score (nSPS) is 49.0. The van der Waals surface area contributed by atoms with Crippen molar-refractivity contribution in [1.29, 1.82) is 0 Å². The third-order valence-electron chi connectivity index (χ3n) is 7.00. The molecule has 2 fully saturated rings. The van der Waals surface area contributed by atoms with Crippen molar-refractivity contribution in [3.05, 3.63) is 11.1 Å². The molecule has 4 atom stereocenters. The average molecular weight is 281 g/mol. The summed E-state index contributed by atoms with van der Waals surface area (Å²) in [4.78, 5) is 0. The molecule has 0 amide bonds. The standard InChI is InChI=1S/C18H29Cl/c1-16(2)9-5-10-18(4)14(16)8-11-17(3)12-13(19)6-7-15(17)18/h12,14-15H,5-11H2,1-4H3/t14-,15-,17-,18-/m0/s1. The van der Waals surface area contributed by atoms with Gasteiger partial charge in [0, 0.05) is 5.03 Å².